The largest absolute Gasteiger partial charge is 0.392 e. The monoisotopic (exact) mass is 448 g/mol. The van der Waals surface area contributed by atoms with Crippen molar-refractivity contribution in [3.63, 3.8) is 0 Å². The molecule has 0 radical (unpaired) electrons. The van der Waals surface area contributed by atoms with Gasteiger partial charge in [-0.15, -0.1) is 0 Å². The van der Waals surface area contributed by atoms with E-state index in [0.717, 1.165) is 16.7 Å². The van der Waals surface area contributed by atoms with Crippen LogP contribution in [0.15, 0.2) is 103 Å². The van der Waals surface area contributed by atoms with Gasteiger partial charge in [0.05, 0.1) is 33.0 Å². The molecule has 0 saturated heterocycles. The molecule has 3 atom stereocenters. The van der Waals surface area contributed by atoms with Crippen molar-refractivity contribution in [2.24, 2.45) is 0 Å². The van der Waals surface area contributed by atoms with Crippen molar-refractivity contribution in [1.29, 1.82) is 0 Å². The number of benzene rings is 3. The summed E-state index contributed by atoms with van der Waals surface area (Å²) in [6.07, 6.45) is -2.47. The van der Waals surface area contributed by atoms with E-state index in [-0.39, 0.29) is 19.8 Å². The minimum absolute atomic E-state index is 0.0538. The molecule has 3 aromatic rings. The average molecular weight is 449 g/mol. The van der Waals surface area contributed by atoms with E-state index >= 15 is 0 Å². The molecule has 0 aromatic heterocycles. The Hall–Kier alpha value is -2.80. The summed E-state index contributed by atoms with van der Waals surface area (Å²) in [4.78, 5) is 0. The first kappa shape index (κ1) is 24.8. The molecule has 33 heavy (non-hydrogen) atoms. The highest BCUT2D eigenvalue weighted by atomic mass is 16.6. The average Bonchev–Trinajstić information content (AvgIpc) is 2.87. The molecular weight excluding hydrogens is 416 g/mol. The van der Waals surface area contributed by atoms with Crippen molar-refractivity contribution in [2.75, 3.05) is 13.2 Å². The van der Waals surface area contributed by atoms with Crippen LogP contribution in [0, 0.1) is 0 Å². The highest BCUT2D eigenvalue weighted by Gasteiger charge is 2.32. The molecule has 0 bridgehead atoms. The molecule has 0 fully saturated rings. The van der Waals surface area contributed by atoms with Gasteiger partial charge >= 0.3 is 0 Å². The normalized spacial score (nSPS) is 13.9. The van der Waals surface area contributed by atoms with E-state index < -0.39 is 18.3 Å². The number of aliphatic hydroxyl groups excluding tert-OH is 2. The van der Waals surface area contributed by atoms with Gasteiger partial charge in [0.15, 0.2) is 0 Å². The minimum atomic E-state index is -0.985. The first-order chi connectivity index (χ1) is 16.2. The molecular formula is C28H32O5. The van der Waals surface area contributed by atoms with Crippen LogP contribution < -0.4 is 0 Å². The van der Waals surface area contributed by atoms with E-state index in [1.807, 2.05) is 91.0 Å². The molecule has 0 aliphatic carbocycles. The fourth-order valence-electron chi connectivity index (χ4n) is 3.43. The zero-order chi connectivity index (χ0) is 23.3. The maximum atomic E-state index is 11.0. The summed E-state index contributed by atoms with van der Waals surface area (Å²) in [7, 11) is 0. The van der Waals surface area contributed by atoms with Crippen LogP contribution in [0.1, 0.15) is 16.7 Å². The zero-order valence-electron chi connectivity index (χ0n) is 18.8. The molecule has 0 heterocycles. The van der Waals surface area contributed by atoms with E-state index in [9.17, 15) is 10.2 Å². The lowest BCUT2D eigenvalue weighted by atomic mass is 10.0. The summed E-state index contributed by atoms with van der Waals surface area (Å²) < 4.78 is 18.0. The van der Waals surface area contributed by atoms with Gasteiger partial charge in [0.25, 0.3) is 0 Å². The number of hydrogen-bond acceptors (Lipinski definition) is 5. The minimum Gasteiger partial charge on any atom is -0.392 e. The highest BCUT2D eigenvalue weighted by molar-refractivity contribution is 5.16. The van der Waals surface area contributed by atoms with Crippen LogP contribution >= 0.6 is 0 Å². The molecule has 174 valence electrons. The fourth-order valence-corrected chi connectivity index (χ4v) is 3.43. The lowest BCUT2D eigenvalue weighted by molar-refractivity contribution is -0.138. The second kappa shape index (κ2) is 13.7. The Morgan fingerprint density at radius 1 is 0.697 bits per heavy atom. The van der Waals surface area contributed by atoms with Crippen LogP contribution in [-0.4, -0.2) is 41.7 Å². The maximum absolute atomic E-state index is 11.0. The number of hydrogen-bond donors (Lipinski definition) is 2. The third kappa shape index (κ3) is 8.24. The number of rotatable bonds is 14. The lowest BCUT2D eigenvalue weighted by Gasteiger charge is -2.32. The summed E-state index contributed by atoms with van der Waals surface area (Å²) >= 11 is 0. The molecule has 0 amide bonds. The van der Waals surface area contributed by atoms with Gasteiger partial charge in [-0.05, 0) is 22.3 Å². The van der Waals surface area contributed by atoms with Crippen LogP contribution in [-0.2, 0) is 34.0 Å². The van der Waals surface area contributed by atoms with Crippen LogP contribution in [0.5, 0.6) is 0 Å². The van der Waals surface area contributed by atoms with Crippen molar-refractivity contribution in [2.45, 2.75) is 38.1 Å². The van der Waals surface area contributed by atoms with Crippen LogP contribution in [0.2, 0.25) is 0 Å². The topological polar surface area (TPSA) is 68.2 Å². The van der Waals surface area contributed by atoms with Crippen LogP contribution in [0.25, 0.3) is 0 Å². The molecule has 0 aliphatic heterocycles. The van der Waals surface area contributed by atoms with Gasteiger partial charge in [-0.25, -0.2) is 0 Å². The Bertz CT molecular complexity index is 930. The first-order valence-electron chi connectivity index (χ1n) is 11.1. The zero-order valence-corrected chi connectivity index (χ0v) is 18.8. The van der Waals surface area contributed by atoms with Gasteiger partial charge in [0, 0.05) is 0 Å². The standard InChI is InChI=1S/C28H32O5/c1-22(17-29)27(32-19-24-13-7-3-8-14-24)28(33-20-25-15-9-4-10-16-25)26(30)21-31-18-23-11-5-2-6-12-23/h2-16,26-30H,1,17-21H2/t26-,27+,28+/m0/s1. The van der Waals surface area contributed by atoms with Gasteiger partial charge in [-0.3, -0.25) is 0 Å². The molecule has 5 heteroatoms. The van der Waals surface area contributed by atoms with E-state index in [1.54, 1.807) is 0 Å². The van der Waals surface area contributed by atoms with E-state index in [2.05, 4.69) is 6.58 Å². The van der Waals surface area contributed by atoms with Crippen LogP contribution in [0.4, 0.5) is 0 Å². The second-order valence-corrected chi connectivity index (χ2v) is 7.86. The van der Waals surface area contributed by atoms with Crippen molar-refractivity contribution in [3.8, 4) is 0 Å². The predicted octanol–water partition coefficient (Wildman–Crippen LogP) is 4.28. The van der Waals surface area contributed by atoms with E-state index in [0.29, 0.717) is 18.8 Å². The first-order valence-corrected chi connectivity index (χ1v) is 11.1. The maximum Gasteiger partial charge on any atom is 0.116 e. The Morgan fingerprint density at radius 3 is 1.64 bits per heavy atom. The van der Waals surface area contributed by atoms with E-state index in [4.69, 9.17) is 14.2 Å². The summed E-state index contributed by atoms with van der Waals surface area (Å²) in [6.45, 7) is 4.70. The van der Waals surface area contributed by atoms with Crippen LogP contribution in [0.3, 0.4) is 0 Å². The van der Waals surface area contributed by atoms with Gasteiger partial charge in [0.1, 0.15) is 18.3 Å². The molecule has 0 spiro atoms. The van der Waals surface area contributed by atoms with Gasteiger partial charge < -0.3 is 24.4 Å². The second-order valence-electron chi connectivity index (χ2n) is 7.86. The third-order valence-electron chi connectivity index (χ3n) is 5.24. The summed E-state index contributed by atoms with van der Waals surface area (Å²) in [6, 6.07) is 29.2. The van der Waals surface area contributed by atoms with Gasteiger partial charge in [0.2, 0.25) is 0 Å². The molecule has 0 aliphatic rings. The Balaban J connectivity index is 1.70. The number of ether oxygens (including phenoxy) is 3. The highest BCUT2D eigenvalue weighted by Crippen LogP contribution is 2.20. The third-order valence-corrected chi connectivity index (χ3v) is 5.24. The van der Waals surface area contributed by atoms with Crippen molar-refractivity contribution in [3.05, 3.63) is 120 Å². The fraction of sp³-hybridized carbons (Fsp3) is 0.286. The summed E-state index contributed by atoms with van der Waals surface area (Å²) in [5, 5.41) is 20.8. The predicted molar refractivity (Wildman–Crippen MR) is 128 cm³/mol. The van der Waals surface area contributed by atoms with Gasteiger partial charge in [-0.2, -0.15) is 0 Å². The van der Waals surface area contributed by atoms with Crippen molar-refractivity contribution >= 4 is 0 Å². The SMILES string of the molecule is C=C(CO)[C@@H](OCc1ccccc1)[C@H](OCc1ccccc1)[C@@H](O)COCc1ccccc1. The molecule has 3 rings (SSSR count). The molecule has 2 N–H and O–H groups in total. The van der Waals surface area contributed by atoms with Crippen molar-refractivity contribution < 1.29 is 24.4 Å². The number of aliphatic hydroxyl groups is 2. The summed E-state index contributed by atoms with van der Waals surface area (Å²) in [5.74, 6) is 0. The Kier molecular flexibility index (Phi) is 10.3. The Labute approximate surface area is 195 Å². The van der Waals surface area contributed by atoms with Gasteiger partial charge in [-0.1, -0.05) is 97.6 Å². The smallest absolute Gasteiger partial charge is 0.116 e. The molecule has 0 unspecified atom stereocenters. The quantitative estimate of drug-likeness (QED) is 0.360. The summed E-state index contributed by atoms with van der Waals surface area (Å²) in [5.41, 5.74) is 3.40. The van der Waals surface area contributed by atoms with E-state index in [1.165, 1.54) is 0 Å². The molecule has 0 saturated carbocycles. The lowest BCUT2D eigenvalue weighted by Crippen LogP contribution is -2.45. The molecule has 5 nitrogen and oxygen atoms in total. The van der Waals surface area contributed by atoms with Crippen molar-refractivity contribution in [1.82, 2.24) is 0 Å². The molecule has 3 aromatic carbocycles. The Morgan fingerprint density at radius 2 is 1.15 bits per heavy atom.